The van der Waals surface area contributed by atoms with E-state index < -0.39 is 0 Å². The van der Waals surface area contributed by atoms with Gasteiger partial charge in [-0.15, -0.1) is 10.2 Å². The zero-order valence-electron chi connectivity index (χ0n) is 19.3. The third-order valence-corrected chi connectivity index (χ3v) is 6.06. The van der Waals surface area contributed by atoms with E-state index in [0.717, 1.165) is 28.3 Å². The Morgan fingerprint density at radius 2 is 1.71 bits per heavy atom. The van der Waals surface area contributed by atoms with Gasteiger partial charge in [-0.25, -0.2) is 0 Å². The lowest BCUT2D eigenvalue weighted by molar-refractivity contribution is -0.119. The van der Waals surface area contributed by atoms with Crippen molar-refractivity contribution in [1.82, 2.24) is 25.6 Å². The van der Waals surface area contributed by atoms with E-state index in [-0.39, 0.29) is 17.4 Å². The molecule has 3 N–H and O–H groups in total. The molecule has 0 radical (unpaired) electrons. The molecule has 1 aromatic heterocycles. The molecule has 9 heteroatoms. The summed E-state index contributed by atoms with van der Waals surface area (Å²) in [5.41, 5.74) is 8.99. The number of phenolic OH excluding ortho intramolecular Hbond substituents is 1. The fourth-order valence-corrected chi connectivity index (χ4v) is 4.11. The first kappa shape index (κ1) is 23.9. The van der Waals surface area contributed by atoms with Gasteiger partial charge < -0.3 is 9.84 Å². The largest absolute Gasteiger partial charge is 0.508 e. The van der Waals surface area contributed by atoms with Gasteiger partial charge in [-0.1, -0.05) is 36.0 Å². The van der Waals surface area contributed by atoms with Crippen LogP contribution in [-0.2, 0) is 4.79 Å². The first-order chi connectivity index (χ1) is 17.1. The van der Waals surface area contributed by atoms with Crippen LogP contribution in [0.5, 0.6) is 11.5 Å². The van der Waals surface area contributed by atoms with Gasteiger partial charge in [0.25, 0.3) is 0 Å². The topological polar surface area (TPSA) is 101 Å². The van der Waals surface area contributed by atoms with E-state index in [1.807, 2.05) is 72.2 Å². The number of nitrogens with one attached hydrogen (secondary N) is 2. The number of para-hydroxylation sites is 1. The molecule has 4 rings (SSSR count). The maximum Gasteiger partial charge on any atom is 0.248 e. The molecule has 0 aliphatic rings. The van der Waals surface area contributed by atoms with Crippen LogP contribution in [-0.4, -0.2) is 38.6 Å². The average molecular weight is 488 g/mol. The van der Waals surface area contributed by atoms with Crippen LogP contribution in [0.4, 0.5) is 0 Å². The lowest BCUT2D eigenvalue weighted by atomic mass is 10.1. The number of nitrogens with zero attached hydrogens (tertiary/aromatic N) is 3. The number of hydrogen-bond donors (Lipinski definition) is 3. The smallest absolute Gasteiger partial charge is 0.248 e. The molecule has 35 heavy (non-hydrogen) atoms. The zero-order chi connectivity index (χ0) is 24.6. The molecule has 0 spiro atoms. The summed E-state index contributed by atoms with van der Waals surface area (Å²) in [6.45, 7) is 1.86. The molecular weight excluding hydrogens is 462 g/mol. The number of aromatic hydroxyl groups is 1. The van der Waals surface area contributed by atoms with Gasteiger partial charge in [0.05, 0.1) is 18.6 Å². The molecule has 0 aliphatic heterocycles. The molecule has 178 valence electrons. The van der Waals surface area contributed by atoms with Crippen LogP contribution < -0.4 is 15.6 Å². The number of aromatic nitrogens is 3. The lowest BCUT2D eigenvalue weighted by Crippen LogP contribution is -2.37. The summed E-state index contributed by atoms with van der Waals surface area (Å²) < 4.78 is 7.19. The van der Waals surface area contributed by atoms with Gasteiger partial charge in [0.1, 0.15) is 11.5 Å². The molecule has 3 aromatic carbocycles. The van der Waals surface area contributed by atoms with Gasteiger partial charge in [0, 0.05) is 11.3 Å². The number of benzene rings is 3. The van der Waals surface area contributed by atoms with E-state index in [1.165, 1.54) is 11.8 Å². The molecule has 8 nitrogen and oxygen atoms in total. The van der Waals surface area contributed by atoms with Gasteiger partial charge in [-0.2, -0.15) is 0 Å². The normalized spacial score (nSPS) is 11.2. The van der Waals surface area contributed by atoms with Gasteiger partial charge in [0.15, 0.2) is 11.0 Å². The van der Waals surface area contributed by atoms with E-state index >= 15 is 0 Å². The van der Waals surface area contributed by atoms with Crippen molar-refractivity contribution >= 4 is 23.4 Å². The van der Waals surface area contributed by atoms with E-state index in [0.29, 0.717) is 11.0 Å². The summed E-state index contributed by atoms with van der Waals surface area (Å²) in [7, 11) is 1.63. The summed E-state index contributed by atoms with van der Waals surface area (Å²) in [6, 6.07) is 24.1. The van der Waals surface area contributed by atoms with Crippen LogP contribution in [0, 0.1) is 0 Å². The maximum absolute atomic E-state index is 12.6. The average Bonchev–Trinajstić information content (AvgIpc) is 3.33. The van der Waals surface area contributed by atoms with Crippen LogP contribution in [0.3, 0.4) is 0 Å². The minimum absolute atomic E-state index is 0.132. The summed E-state index contributed by atoms with van der Waals surface area (Å²) in [6.07, 6.45) is 1.84. The van der Waals surface area contributed by atoms with Crippen LogP contribution in [0.25, 0.3) is 22.8 Å². The third kappa shape index (κ3) is 5.82. The molecular formula is C26H25N5O3S. The second-order valence-electron chi connectivity index (χ2n) is 7.42. The summed E-state index contributed by atoms with van der Waals surface area (Å²) in [4.78, 5) is 12.6. The first-order valence-corrected chi connectivity index (χ1v) is 11.9. The number of amides is 1. The second-order valence-corrected chi connectivity index (χ2v) is 8.36. The Kier molecular flexibility index (Phi) is 7.69. The van der Waals surface area contributed by atoms with E-state index in [9.17, 15) is 9.90 Å². The van der Waals surface area contributed by atoms with E-state index in [4.69, 9.17) is 4.74 Å². The predicted molar refractivity (Wildman–Crippen MR) is 137 cm³/mol. The number of allylic oxidation sites excluding steroid dienone is 1. The van der Waals surface area contributed by atoms with Crippen molar-refractivity contribution in [2.45, 2.75) is 12.1 Å². The highest BCUT2D eigenvalue weighted by Crippen LogP contribution is 2.29. The minimum atomic E-state index is -0.221. The molecule has 0 atom stereocenters. The van der Waals surface area contributed by atoms with Crippen LogP contribution in [0.1, 0.15) is 12.5 Å². The third-order valence-electron chi connectivity index (χ3n) is 5.13. The monoisotopic (exact) mass is 487 g/mol. The number of carbonyl (C=O) groups excluding carboxylic acids is 1. The van der Waals surface area contributed by atoms with Crippen LogP contribution in [0.2, 0.25) is 0 Å². The molecule has 0 saturated carbocycles. The van der Waals surface area contributed by atoms with Gasteiger partial charge in [0.2, 0.25) is 5.91 Å². The van der Waals surface area contributed by atoms with Gasteiger partial charge in [-0.05, 0) is 73.2 Å². The number of hydrazine groups is 1. The Morgan fingerprint density at radius 1 is 1.00 bits per heavy atom. The molecule has 1 heterocycles. The van der Waals surface area contributed by atoms with Crippen LogP contribution >= 0.6 is 11.8 Å². The van der Waals surface area contributed by atoms with Crippen molar-refractivity contribution in [1.29, 1.82) is 0 Å². The predicted octanol–water partition coefficient (Wildman–Crippen LogP) is 4.42. The standard InChI is InChI=1S/C26H25N5O3S/c1-3-23(18-9-13-21(32)14-10-18)27-28-24(33)17-35-26-30-29-25(19-11-15-22(34-2)16-12-19)31(26)20-7-5-4-6-8-20/h3-16,27,32H,17H2,1-2H3,(H,28,33)/b23-3-. The Balaban J connectivity index is 1.48. The van der Waals surface area contributed by atoms with Crippen molar-refractivity contribution < 1.29 is 14.6 Å². The van der Waals surface area contributed by atoms with Crippen molar-refractivity contribution in [2.24, 2.45) is 0 Å². The SMILES string of the molecule is C/C=C(\NNC(=O)CSc1nnc(-c2ccc(OC)cc2)n1-c1ccccc1)c1ccc(O)cc1. The van der Waals surface area contributed by atoms with Gasteiger partial charge in [-0.3, -0.25) is 20.2 Å². The van der Waals surface area contributed by atoms with Crippen molar-refractivity contribution in [2.75, 3.05) is 12.9 Å². The minimum Gasteiger partial charge on any atom is -0.508 e. The fraction of sp³-hybridized carbons (Fsp3) is 0.115. The first-order valence-electron chi connectivity index (χ1n) is 10.9. The summed E-state index contributed by atoms with van der Waals surface area (Å²) >= 11 is 1.29. The Labute approximate surface area is 207 Å². The molecule has 4 aromatic rings. The molecule has 0 unspecified atom stereocenters. The number of ether oxygens (including phenoxy) is 1. The highest BCUT2D eigenvalue weighted by atomic mass is 32.2. The summed E-state index contributed by atoms with van der Waals surface area (Å²) in [5.74, 6) is 1.52. The van der Waals surface area contributed by atoms with Crippen LogP contribution in [0.15, 0.2) is 90.1 Å². The van der Waals surface area contributed by atoms with Gasteiger partial charge >= 0.3 is 0 Å². The van der Waals surface area contributed by atoms with Crippen molar-refractivity contribution in [3.63, 3.8) is 0 Å². The molecule has 0 bridgehead atoms. The quantitative estimate of drug-likeness (QED) is 0.237. The second kappa shape index (κ2) is 11.3. The Morgan fingerprint density at radius 3 is 2.37 bits per heavy atom. The fourth-order valence-electron chi connectivity index (χ4n) is 3.36. The van der Waals surface area contributed by atoms with E-state index in [1.54, 1.807) is 31.4 Å². The lowest BCUT2D eigenvalue weighted by Gasteiger charge is -2.13. The molecule has 1 amide bonds. The molecule has 0 saturated heterocycles. The maximum atomic E-state index is 12.6. The number of carbonyl (C=O) groups is 1. The summed E-state index contributed by atoms with van der Waals surface area (Å²) in [5, 5.41) is 18.8. The van der Waals surface area contributed by atoms with E-state index in [2.05, 4.69) is 21.0 Å². The number of rotatable bonds is 9. The highest BCUT2D eigenvalue weighted by molar-refractivity contribution is 7.99. The Bertz CT molecular complexity index is 1300. The highest BCUT2D eigenvalue weighted by Gasteiger charge is 2.17. The number of phenols is 1. The number of methoxy groups -OCH3 is 1. The number of hydrogen-bond acceptors (Lipinski definition) is 7. The Hall–Kier alpha value is -4.24. The number of thioether (sulfide) groups is 1. The van der Waals surface area contributed by atoms with Crippen molar-refractivity contribution in [3.8, 4) is 28.6 Å². The molecule has 0 fully saturated rings. The molecule has 0 aliphatic carbocycles. The zero-order valence-corrected chi connectivity index (χ0v) is 20.1. The van der Waals surface area contributed by atoms with Crippen molar-refractivity contribution in [3.05, 3.63) is 90.5 Å².